The number of sulfonamides is 1. The Labute approximate surface area is 195 Å². The largest absolute Gasteiger partial charge is 0.598 e. The fourth-order valence-electron chi connectivity index (χ4n) is 4.79. The quantitative estimate of drug-likeness (QED) is 0.412. The van der Waals surface area contributed by atoms with Crippen molar-refractivity contribution in [3.63, 3.8) is 0 Å². The van der Waals surface area contributed by atoms with Crippen LogP contribution in [0.3, 0.4) is 0 Å². The van der Waals surface area contributed by atoms with E-state index in [0.29, 0.717) is 31.7 Å². The van der Waals surface area contributed by atoms with Crippen LogP contribution in [0, 0.1) is 23.4 Å². The van der Waals surface area contributed by atoms with Crippen molar-refractivity contribution in [2.24, 2.45) is 11.7 Å². The van der Waals surface area contributed by atoms with E-state index < -0.39 is 61.3 Å². The lowest BCUT2D eigenvalue weighted by Crippen LogP contribution is -2.54. The summed E-state index contributed by atoms with van der Waals surface area (Å²) in [6, 6.07) is 0.0139. The lowest BCUT2D eigenvalue weighted by molar-refractivity contribution is -0.115. The van der Waals surface area contributed by atoms with E-state index in [1.54, 1.807) is 20.8 Å². The molecular formula is C21H30F3N3O4S2. The number of halogens is 3. The van der Waals surface area contributed by atoms with Crippen LogP contribution in [-0.2, 0) is 32.6 Å². The monoisotopic (exact) mass is 509 g/mol. The number of hydrogen-bond acceptors (Lipinski definition) is 5. The third-order valence-corrected chi connectivity index (χ3v) is 9.78. The number of carbonyl (C=O) groups excluding carboxylic acids is 1. The van der Waals surface area contributed by atoms with Crippen LogP contribution in [0.25, 0.3) is 0 Å². The van der Waals surface area contributed by atoms with Crippen molar-refractivity contribution in [1.82, 2.24) is 9.03 Å². The maximum atomic E-state index is 14.4. The van der Waals surface area contributed by atoms with Crippen LogP contribution in [0.1, 0.15) is 52.0 Å². The molecule has 1 aromatic rings. The molecule has 0 aromatic heterocycles. The molecule has 1 aromatic carbocycles. The summed E-state index contributed by atoms with van der Waals surface area (Å²) in [4.78, 5) is 11.2. The highest BCUT2D eigenvalue weighted by atomic mass is 32.2. The van der Waals surface area contributed by atoms with Gasteiger partial charge in [0.2, 0.25) is 15.9 Å². The SMILES string of the molecule is CC(C)(C)[S@+]([O-])N[C@H](Cc1cc(F)c(F)cc1F)C1CC2CCC(C1)N2S(=O)(=O)CC(N)=O. The van der Waals surface area contributed by atoms with Crippen molar-refractivity contribution in [1.29, 1.82) is 0 Å². The van der Waals surface area contributed by atoms with E-state index in [1.165, 1.54) is 4.31 Å². The first-order valence-electron chi connectivity index (χ1n) is 10.8. The molecule has 0 radical (unpaired) electrons. The summed E-state index contributed by atoms with van der Waals surface area (Å²) >= 11 is -1.53. The minimum absolute atomic E-state index is 0.0387. The van der Waals surface area contributed by atoms with Crippen molar-refractivity contribution in [3.05, 3.63) is 35.1 Å². The second kappa shape index (κ2) is 9.73. The molecule has 2 aliphatic rings. The number of amides is 1. The van der Waals surface area contributed by atoms with Crippen LogP contribution < -0.4 is 10.5 Å². The van der Waals surface area contributed by atoms with Crippen molar-refractivity contribution >= 4 is 27.3 Å². The number of carbonyl (C=O) groups is 1. The Morgan fingerprint density at radius 2 is 1.73 bits per heavy atom. The fourth-order valence-corrected chi connectivity index (χ4v) is 7.49. The molecule has 33 heavy (non-hydrogen) atoms. The molecule has 3 rings (SSSR count). The standard InChI is InChI=1S/C21H30F3N3O4S2/c1-21(2,3)32(29)26-19(9-12-8-17(23)18(24)10-16(12)22)13-6-14-4-5-15(7-13)27(14)33(30,31)11-20(25)28/h8,10,13-15,19,26H,4-7,9,11H2,1-3H3,(H2,25,28)/t13?,14?,15?,19-,32+/m1/s1. The lowest BCUT2D eigenvalue weighted by Gasteiger charge is -2.41. The van der Waals surface area contributed by atoms with Crippen LogP contribution >= 0.6 is 0 Å². The summed E-state index contributed by atoms with van der Waals surface area (Å²) in [5.41, 5.74) is 5.06. The smallest absolute Gasteiger partial charge is 0.234 e. The van der Waals surface area contributed by atoms with E-state index >= 15 is 0 Å². The van der Waals surface area contributed by atoms with Crippen LogP contribution in [0.5, 0.6) is 0 Å². The van der Waals surface area contributed by atoms with E-state index in [2.05, 4.69) is 4.72 Å². The van der Waals surface area contributed by atoms with Gasteiger partial charge >= 0.3 is 0 Å². The number of nitrogens with one attached hydrogen (secondary N) is 1. The second-order valence-corrected chi connectivity index (χ2v) is 13.7. The van der Waals surface area contributed by atoms with Crippen LogP contribution in [0.4, 0.5) is 13.2 Å². The molecule has 2 saturated heterocycles. The van der Waals surface area contributed by atoms with Crippen molar-refractivity contribution < 1.29 is 30.9 Å². The van der Waals surface area contributed by atoms with Crippen molar-refractivity contribution in [3.8, 4) is 0 Å². The summed E-state index contributed by atoms with van der Waals surface area (Å²) < 4.78 is 83.6. The molecule has 186 valence electrons. The predicted octanol–water partition coefficient (Wildman–Crippen LogP) is 2.12. The topological polar surface area (TPSA) is 116 Å². The first-order valence-corrected chi connectivity index (χ1v) is 13.6. The maximum absolute atomic E-state index is 14.4. The summed E-state index contributed by atoms with van der Waals surface area (Å²) in [5, 5.41) is 0. The summed E-state index contributed by atoms with van der Waals surface area (Å²) in [7, 11) is -3.86. The van der Waals surface area contributed by atoms with Gasteiger partial charge in [0, 0.05) is 29.5 Å². The average Bonchev–Trinajstić information content (AvgIpc) is 2.95. The van der Waals surface area contributed by atoms with Gasteiger partial charge in [-0.25, -0.2) is 21.6 Å². The van der Waals surface area contributed by atoms with Gasteiger partial charge < -0.3 is 10.3 Å². The Kier molecular flexibility index (Phi) is 7.74. The summed E-state index contributed by atoms with van der Waals surface area (Å²) in [5.74, 6) is -5.24. The van der Waals surface area contributed by atoms with Gasteiger partial charge in [0.05, 0.1) is 6.04 Å². The highest BCUT2D eigenvalue weighted by Crippen LogP contribution is 2.42. The van der Waals surface area contributed by atoms with Gasteiger partial charge in [-0.15, -0.1) is 4.72 Å². The van der Waals surface area contributed by atoms with Gasteiger partial charge in [-0.3, -0.25) is 4.79 Å². The molecular weight excluding hydrogens is 479 g/mol. The van der Waals surface area contributed by atoms with E-state index in [4.69, 9.17) is 5.73 Å². The van der Waals surface area contributed by atoms with Gasteiger partial charge in [0.1, 0.15) is 16.3 Å². The number of nitrogens with zero attached hydrogens (tertiary/aromatic N) is 1. The average molecular weight is 510 g/mol. The van der Waals surface area contributed by atoms with E-state index in [0.717, 1.165) is 6.07 Å². The van der Waals surface area contributed by atoms with Crippen molar-refractivity contribution in [2.75, 3.05) is 5.75 Å². The Morgan fingerprint density at radius 3 is 2.24 bits per heavy atom. The maximum Gasteiger partial charge on any atom is 0.234 e. The van der Waals surface area contributed by atoms with E-state index in [9.17, 15) is 30.9 Å². The second-order valence-electron chi connectivity index (χ2n) is 9.84. The first-order chi connectivity index (χ1) is 15.2. The number of rotatable bonds is 8. The molecule has 1 amide bonds. The van der Waals surface area contributed by atoms with Gasteiger partial charge in [0.15, 0.2) is 11.6 Å². The highest BCUT2D eigenvalue weighted by Gasteiger charge is 2.49. The fraction of sp³-hybridized carbons (Fsp3) is 0.667. The van der Waals surface area contributed by atoms with Gasteiger partial charge in [0.25, 0.3) is 0 Å². The molecule has 2 unspecified atom stereocenters. The third kappa shape index (κ3) is 6.02. The van der Waals surface area contributed by atoms with Crippen molar-refractivity contribution in [2.45, 2.75) is 75.7 Å². The summed E-state index contributed by atoms with van der Waals surface area (Å²) in [6.45, 7) is 5.32. The number of piperidine rings is 1. The molecule has 3 N–H and O–H groups in total. The zero-order valence-electron chi connectivity index (χ0n) is 18.8. The van der Waals surface area contributed by atoms with E-state index in [1.807, 2.05) is 0 Å². The van der Waals surface area contributed by atoms with Gasteiger partial charge in [-0.05, 0) is 70.4 Å². The third-order valence-electron chi connectivity index (χ3n) is 6.26. The lowest BCUT2D eigenvalue weighted by atomic mass is 9.83. The molecule has 7 nitrogen and oxygen atoms in total. The molecule has 4 atom stereocenters. The highest BCUT2D eigenvalue weighted by molar-refractivity contribution is 7.90. The van der Waals surface area contributed by atoms with Crippen LogP contribution in [0.2, 0.25) is 0 Å². The molecule has 2 aliphatic heterocycles. The number of hydrogen-bond donors (Lipinski definition) is 2. The molecule has 2 fully saturated rings. The Balaban J connectivity index is 1.86. The van der Waals surface area contributed by atoms with E-state index in [-0.39, 0.29) is 30.0 Å². The number of benzene rings is 1. The zero-order chi connectivity index (χ0) is 24.7. The normalized spacial score (nSPS) is 25.7. The predicted molar refractivity (Wildman–Crippen MR) is 119 cm³/mol. The summed E-state index contributed by atoms with van der Waals surface area (Å²) in [6.07, 6.45) is 1.97. The molecule has 0 saturated carbocycles. The zero-order valence-corrected chi connectivity index (χ0v) is 20.4. The Morgan fingerprint density at radius 1 is 1.18 bits per heavy atom. The van der Waals surface area contributed by atoms with Crippen LogP contribution in [0.15, 0.2) is 12.1 Å². The molecule has 12 heteroatoms. The molecule has 2 heterocycles. The molecule has 0 aliphatic carbocycles. The number of fused-ring (bicyclic) bond motifs is 2. The molecule has 2 bridgehead atoms. The van der Waals surface area contributed by atoms with Crippen LogP contribution in [-0.4, -0.2) is 51.8 Å². The minimum atomic E-state index is -3.86. The Bertz CT molecular complexity index is 989. The van der Waals surface area contributed by atoms with Gasteiger partial charge in [-0.1, -0.05) is 0 Å². The van der Waals surface area contributed by atoms with Gasteiger partial charge in [-0.2, -0.15) is 4.31 Å². The minimum Gasteiger partial charge on any atom is -0.598 e. The molecule has 0 spiro atoms. The first kappa shape index (κ1) is 26.3. The number of nitrogens with two attached hydrogens (primary N) is 1. The Hall–Kier alpha value is -1.34. The number of primary amides is 1.